The molecule has 0 aromatic carbocycles. The molecule has 1 aliphatic heterocycles. The van der Waals surface area contributed by atoms with E-state index in [9.17, 15) is 4.79 Å². The maximum absolute atomic E-state index is 12.3. The molecule has 2 aliphatic rings. The number of rotatable bonds is 4. The Morgan fingerprint density at radius 1 is 1.22 bits per heavy atom. The van der Waals surface area contributed by atoms with E-state index in [1.54, 1.807) is 0 Å². The zero-order valence-electron chi connectivity index (χ0n) is 14.3. The predicted octanol–water partition coefficient (Wildman–Crippen LogP) is 2.63. The van der Waals surface area contributed by atoms with E-state index in [4.69, 9.17) is 0 Å². The van der Waals surface area contributed by atoms with Crippen LogP contribution in [0.1, 0.15) is 64.0 Å². The Hall–Kier alpha value is -1.59. The topological polar surface area (TPSA) is 71.8 Å². The molecule has 2 amide bonds. The molecule has 23 heavy (non-hydrogen) atoms. The van der Waals surface area contributed by atoms with Gasteiger partial charge in [-0.05, 0) is 37.5 Å². The van der Waals surface area contributed by atoms with E-state index in [0.29, 0.717) is 24.4 Å². The third kappa shape index (κ3) is 3.85. The van der Waals surface area contributed by atoms with Gasteiger partial charge in [0.05, 0.1) is 6.54 Å². The van der Waals surface area contributed by atoms with Crippen molar-refractivity contribution < 1.29 is 4.79 Å². The number of carbonyl (C=O) groups excluding carboxylic acids is 1. The van der Waals surface area contributed by atoms with Gasteiger partial charge in [-0.1, -0.05) is 26.7 Å². The van der Waals surface area contributed by atoms with E-state index in [2.05, 4.69) is 39.2 Å². The maximum atomic E-state index is 12.3. The minimum Gasteiger partial charge on any atom is -0.335 e. The quantitative estimate of drug-likeness (QED) is 0.896. The summed E-state index contributed by atoms with van der Waals surface area (Å²) in [5.74, 6) is 3.14. The summed E-state index contributed by atoms with van der Waals surface area (Å²) in [6.07, 6.45) is 8.17. The number of nitrogens with zero attached hydrogens (tertiary/aromatic N) is 3. The Kier molecular flexibility index (Phi) is 5.18. The Bertz CT molecular complexity index is 539. The molecule has 1 aromatic heterocycles. The first-order valence-corrected chi connectivity index (χ1v) is 9.10. The Labute approximate surface area is 138 Å². The van der Waals surface area contributed by atoms with Crippen LogP contribution in [0.15, 0.2) is 0 Å². The van der Waals surface area contributed by atoms with Gasteiger partial charge in [0.1, 0.15) is 5.82 Å². The van der Waals surface area contributed by atoms with Crippen LogP contribution in [0.25, 0.3) is 0 Å². The van der Waals surface area contributed by atoms with Crippen molar-refractivity contribution in [2.45, 2.75) is 77.9 Å². The number of nitrogens with one attached hydrogen (secondary N) is 2. The zero-order valence-corrected chi connectivity index (χ0v) is 14.3. The van der Waals surface area contributed by atoms with E-state index in [-0.39, 0.29) is 6.03 Å². The molecule has 0 saturated heterocycles. The molecule has 1 aromatic rings. The van der Waals surface area contributed by atoms with Crippen LogP contribution in [0, 0.1) is 11.8 Å². The number of aromatic nitrogens is 3. The van der Waals surface area contributed by atoms with Crippen LogP contribution in [0.4, 0.5) is 4.79 Å². The van der Waals surface area contributed by atoms with Gasteiger partial charge in [0, 0.05) is 19.0 Å². The average molecular weight is 319 g/mol. The van der Waals surface area contributed by atoms with E-state index in [0.717, 1.165) is 31.0 Å². The molecular formula is C17H29N5O. The second kappa shape index (κ2) is 7.32. The van der Waals surface area contributed by atoms with Crippen LogP contribution in [0.2, 0.25) is 0 Å². The SMILES string of the molecule is CC(C)[C@H]1CCCC[C@H]1NC(=O)NCc1nnc2n1CCCC2. The summed E-state index contributed by atoms with van der Waals surface area (Å²) in [5, 5.41) is 14.6. The fourth-order valence-electron chi connectivity index (χ4n) is 4.01. The number of carbonyl (C=O) groups is 1. The van der Waals surface area contributed by atoms with Gasteiger partial charge in [0.15, 0.2) is 5.82 Å². The summed E-state index contributed by atoms with van der Waals surface area (Å²) in [5.41, 5.74) is 0. The number of aryl methyl sites for hydroxylation is 1. The van der Waals surface area contributed by atoms with Crippen molar-refractivity contribution >= 4 is 6.03 Å². The average Bonchev–Trinajstić information content (AvgIpc) is 2.96. The number of urea groups is 1. The molecule has 2 atom stereocenters. The fraction of sp³-hybridized carbons (Fsp3) is 0.824. The molecule has 0 spiro atoms. The monoisotopic (exact) mass is 319 g/mol. The van der Waals surface area contributed by atoms with E-state index >= 15 is 0 Å². The molecule has 1 saturated carbocycles. The predicted molar refractivity (Wildman–Crippen MR) is 88.9 cm³/mol. The minimum atomic E-state index is -0.0734. The van der Waals surface area contributed by atoms with E-state index < -0.39 is 0 Å². The van der Waals surface area contributed by atoms with Crippen molar-refractivity contribution in [1.29, 1.82) is 0 Å². The van der Waals surface area contributed by atoms with Crippen molar-refractivity contribution in [1.82, 2.24) is 25.4 Å². The van der Waals surface area contributed by atoms with Gasteiger partial charge in [0.25, 0.3) is 0 Å². The minimum absolute atomic E-state index is 0.0734. The van der Waals surface area contributed by atoms with Gasteiger partial charge in [0.2, 0.25) is 0 Å². The molecular weight excluding hydrogens is 290 g/mol. The summed E-state index contributed by atoms with van der Waals surface area (Å²) in [4.78, 5) is 12.3. The number of hydrogen-bond donors (Lipinski definition) is 2. The normalized spacial score (nSPS) is 24.3. The Morgan fingerprint density at radius 3 is 2.87 bits per heavy atom. The summed E-state index contributed by atoms with van der Waals surface area (Å²) < 4.78 is 2.15. The molecule has 2 N–H and O–H groups in total. The van der Waals surface area contributed by atoms with Crippen LogP contribution in [-0.4, -0.2) is 26.8 Å². The highest BCUT2D eigenvalue weighted by atomic mass is 16.2. The van der Waals surface area contributed by atoms with Crippen molar-refractivity contribution in [3.63, 3.8) is 0 Å². The lowest BCUT2D eigenvalue weighted by molar-refractivity contribution is 0.194. The molecule has 0 unspecified atom stereocenters. The van der Waals surface area contributed by atoms with Crippen molar-refractivity contribution in [2.75, 3.05) is 0 Å². The first-order chi connectivity index (χ1) is 11.1. The number of amides is 2. The van der Waals surface area contributed by atoms with Gasteiger partial charge in [-0.2, -0.15) is 0 Å². The number of hydrogen-bond acceptors (Lipinski definition) is 3. The second-order valence-electron chi connectivity index (χ2n) is 7.27. The van der Waals surface area contributed by atoms with Gasteiger partial charge in [-0.25, -0.2) is 4.79 Å². The van der Waals surface area contributed by atoms with E-state index in [1.165, 1.54) is 32.1 Å². The molecule has 0 radical (unpaired) electrons. The first kappa shape index (κ1) is 16.3. The number of fused-ring (bicyclic) bond motifs is 1. The lowest BCUT2D eigenvalue weighted by Gasteiger charge is -2.34. The molecule has 3 rings (SSSR count). The van der Waals surface area contributed by atoms with Crippen molar-refractivity contribution in [2.24, 2.45) is 11.8 Å². The van der Waals surface area contributed by atoms with Crippen molar-refractivity contribution in [3.8, 4) is 0 Å². The lowest BCUT2D eigenvalue weighted by Crippen LogP contribution is -2.48. The van der Waals surface area contributed by atoms with Gasteiger partial charge in [-0.15, -0.1) is 10.2 Å². The van der Waals surface area contributed by atoms with Crippen LogP contribution in [0.3, 0.4) is 0 Å². The van der Waals surface area contributed by atoms with E-state index in [1.807, 2.05) is 0 Å². The second-order valence-corrected chi connectivity index (χ2v) is 7.27. The molecule has 1 aliphatic carbocycles. The Balaban J connectivity index is 1.52. The third-order valence-electron chi connectivity index (χ3n) is 5.34. The Morgan fingerprint density at radius 2 is 2.04 bits per heavy atom. The first-order valence-electron chi connectivity index (χ1n) is 9.10. The highest BCUT2D eigenvalue weighted by Crippen LogP contribution is 2.30. The maximum Gasteiger partial charge on any atom is 0.315 e. The molecule has 6 nitrogen and oxygen atoms in total. The lowest BCUT2D eigenvalue weighted by atomic mass is 9.78. The summed E-state index contributed by atoms with van der Waals surface area (Å²) >= 11 is 0. The van der Waals surface area contributed by atoms with Gasteiger partial charge >= 0.3 is 6.03 Å². The fourth-order valence-corrected chi connectivity index (χ4v) is 4.01. The van der Waals surface area contributed by atoms with Crippen molar-refractivity contribution in [3.05, 3.63) is 11.6 Å². The largest absolute Gasteiger partial charge is 0.335 e. The molecule has 128 valence electrons. The third-order valence-corrected chi connectivity index (χ3v) is 5.34. The van der Waals surface area contributed by atoms with Gasteiger partial charge in [-0.3, -0.25) is 0 Å². The summed E-state index contributed by atoms with van der Waals surface area (Å²) in [6.45, 7) is 5.94. The molecule has 1 fully saturated rings. The van der Waals surface area contributed by atoms with Gasteiger partial charge < -0.3 is 15.2 Å². The summed E-state index contributed by atoms with van der Waals surface area (Å²) in [7, 11) is 0. The standard InChI is InChI=1S/C17H29N5O/c1-12(2)13-7-3-4-8-14(13)19-17(23)18-11-16-21-20-15-9-5-6-10-22(15)16/h12-14H,3-11H2,1-2H3,(H2,18,19,23)/t13-,14-/m1/s1. The van der Waals surface area contributed by atoms with Crippen LogP contribution >= 0.6 is 0 Å². The highest BCUT2D eigenvalue weighted by molar-refractivity contribution is 5.74. The van der Waals surface area contributed by atoms with Crippen LogP contribution in [-0.2, 0) is 19.5 Å². The van der Waals surface area contributed by atoms with Crippen LogP contribution < -0.4 is 10.6 Å². The molecule has 2 heterocycles. The van der Waals surface area contributed by atoms with Crippen LogP contribution in [0.5, 0.6) is 0 Å². The smallest absolute Gasteiger partial charge is 0.315 e. The summed E-state index contributed by atoms with van der Waals surface area (Å²) in [6, 6.07) is 0.228. The highest BCUT2D eigenvalue weighted by Gasteiger charge is 2.28. The molecule has 6 heteroatoms. The molecule has 0 bridgehead atoms. The zero-order chi connectivity index (χ0) is 16.2.